The van der Waals surface area contributed by atoms with Crippen LogP contribution < -0.4 is 21.3 Å². The van der Waals surface area contributed by atoms with Crippen LogP contribution >= 0.6 is 11.6 Å². The summed E-state index contributed by atoms with van der Waals surface area (Å²) in [6.07, 6.45) is 1.51. The molecule has 0 aliphatic heterocycles. The third kappa shape index (κ3) is 6.03. The summed E-state index contributed by atoms with van der Waals surface area (Å²) in [5, 5.41) is 6.80. The molecule has 2 aromatic carbocycles. The molecule has 40 heavy (non-hydrogen) atoms. The number of halogens is 2. The number of amides is 2. The molecule has 0 aliphatic rings. The molecule has 11 nitrogen and oxygen atoms in total. The highest BCUT2D eigenvalue weighted by atomic mass is 35.5. The van der Waals surface area contributed by atoms with E-state index in [0.29, 0.717) is 27.5 Å². The number of ether oxygens (including phenoxy) is 2. The predicted octanol–water partition coefficient (Wildman–Crippen LogP) is 3.99. The van der Waals surface area contributed by atoms with Crippen molar-refractivity contribution in [1.29, 1.82) is 0 Å². The number of aryl methyl sites for hydroxylation is 1. The highest BCUT2D eigenvalue weighted by molar-refractivity contribution is 6.31. The van der Waals surface area contributed by atoms with Crippen molar-refractivity contribution in [2.75, 3.05) is 26.1 Å². The minimum absolute atomic E-state index is 0.0740. The van der Waals surface area contributed by atoms with Gasteiger partial charge < -0.3 is 25.0 Å². The van der Waals surface area contributed by atoms with E-state index >= 15 is 0 Å². The van der Waals surface area contributed by atoms with Crippen molar-refractivity contribution in [3.63, 3.8) is 0 Å². The lowest BCUT2D eigenvalue weighted by Gasteiger charge is -2.21. The molecule has 4 rings (SSSR count). The predicted molar refractivity (Wildman–Crippen MR) is 145 cm³/mol. The van der Waals surface area contributed by atoms with Crippen molar-refractivity contribution in [2.45, 2.75) is 19.4 Å². The first-order valence-electron chi connectivity index (χ1n) is 11.9. The molecule has 208 valence electrons. The smallest absolute Gasteiger partial charge is 0.258 e. The Bertz CT molecular complexity index is 1640. The molecule has 1 atom stereocenters. The number of nitrogens with two attached hydrogens (primary N) is 1. The minimum atomic E-state index is -1.06. The maximum absolute atomic E-state index is 14.3. The van der Waals surface area contributed by atoms with Gasteiger partial charge in [0.2, 0.25) is 5.91 Å². The van der Waals surface area contributed by atoms with E-state index in [1.165, 1.54) is 37.1 Å². The third-order valence-corrected chi connectivity index (χ3v) is 6.26. The van der Waals surface area contributed by atoms with Crippen LogP contribution in [0.1, 0.15) is 28.6 Å². The first kappa shape index (κ1) is 28.5. The van der Waals surface area contributed by atoms with Gasteiger partial charge >= 0.3 is 0 Å². The Balaban J connectivity index is 1.76. The first-order valence-corrected chi connectivity index (χ1v) is 12.3. The van der Waals surface area contributed by atoms with Gasteiger partial charge in [-0.15, -0.1) is 0 Å². The van der Waals surface area contributed by atoms with E-state index in [9.17, 15) is 18.8 Å². The van der Waals surface area contributed by atoms with Crippen molar-refractivity contribution < 1.29 is 28.0 Å². The third-order valence-electron chi connectivity index (χ3n) is 6.03. The fraction of sp³-hybridized carbons (Fsp3) is 0.222. The van der Waals surface area contributed by atoms with Crippen LogP contribution in [-0.4, -0.2) is 47.3 Å². The second-order valence-corrected chi connectivity index (χ2v) is 9.12. The Morgan fingerprint density at radius 2 is 1.93 bits per heavy atom. The van der Waals surface area contributed by atoms with Gasteiger partial charge in [0, 0.05) is 48.0 Å². The molecule has 4 aromatic rings. The zero-order valence-electron chi connectivity index (χ0n) is 21.7. The fourth-order valence-electron chi connectivity index (χ4n) is 4.12. The molecule has 2 amide bonds. The molecule has 2 heterocycles. The second-order valence-electron chi connectivity index (χ2n) is 8.68. The molecule has 13 heteroatoms. The molecule has 3 N–H and O–H groups in total. The summed E-state index contributed by atoms with van der Waals surface area (Å²) in [5.41, 5.74) is 5.77. The van der Waals surface area contributed by atoms with E-state index in [1.54, 1.807) is 25.1 Å². The van der Waals surface area contributed by atoms with Gasteiger partial charge in [-0.25, -0.2) is 4.39 Å². The van der Waals surface area contributed by atoms with Crippen LogP contribution in [-0.2, 0) is 9.53 Å². The number of pyridine rings is 1. The maximum atomic E-state index is 14.3. The minimum Gasteiger partial charge on any atom is -0.495 e. The normalized spacial score (nSPS) is 11.7. The topological polar surface area (TPSA) is 152 Å². The summed E-state index contributed by atoms with van der Waals surface area (Å²) in [4.78, 5) is 42.4. The Hall–Kier alpha value is -4.55. The molecule has 0 radical (unpaired) electrons. The highest BCUT2D eigenvalue weighted by Crippen LogP contribution is 2.38. The van der Waals surface area contributed by atoms with Gasteiger partial charge in [-0.2, -0.15) is 4.98 Å². The number of rotatable bonds is 10. The first-order chi connectivity index (χ1) is 19.1. The van der Waals surface area contributed by atoms with Crippen molar-refractivity contribution in [3.05, 3.63) is 81.2 Å². The summed E-state index contributed by atoms with van der Waals surface area (Å²) >= 11 is 6.28. The molecule has 0 saturated carbocycles. The van der Waals surface area contributed by atoms with Crippen LogP contribution in [0.2, 0.25) is 5.02 Å². The maximum Gasteiger partial charge on any atom is 0.258 e. The number of benzene rings is 2. The Morgan fingerprint density at radius 1 is 1.15 bits per heavy atom. The molecular formula is C27H25ClFN5O6. The number of methoxy groups -OCH3 is 2. The van der Waals surface area contributed by atoms with Gasteiger partial charge in [-0.05, 0) is 48.9 Å². The lowest BCUT2D eigenvalue weighted by Crippen LogP contribution is -2.34. The van der Waals surface area contributed by atoms with E-state index in [2.05, 4.69) is 15.5 Å². The number of hydrogen-bond donors (Lipinski definition) is 2. The summed E-state index contributed by atoms with van der Waals surface area (Å²) in [7, 11) is 2.88. The Kier molecular flexibility index (Phi) is 8.61. The van der Waals surface area contributed by atoms with Crippen LogP contribution in [0, 0.1) is 12.7 Å². The van der Waals surface area contributed by atoms with Gasteiger partial charge in [-0.1, -0.05) is 16.8 Å². The zero-order valence-corrected chi connectivity index (χ0v) is 22.5. The van der Waals surface area contributed by atoms with Crippen LogP contribution in [0.25, 0.3) is 22.6 Å². The fourth-order valence-corrected chi connectivity index (χ4v) is 4.29. The van der Waals surface area contributed by atoms with Gasteiger partial charge in [0.25, 0.3) is 17.4 Å². The average Bonchev–Trinajstić information content (AvgIpc) is 3.35. The molecule has 0 saturated heterocycles. The number of carbonyl (C=O) groups excluding carboxylic acids is 2. The van der Waals surface area contributed by atoms with Gasteiger partial charge in [-0.3, -0.25) is 19.0 Å². The summed E-state index contributed by atoms with van der Waals surface area (Å²) in [6.45, 7) is 1.81. The quantitative estimate of drug-likeness (QED) is 0.291. The number of carbonyl (C=O) groups is 2. The SMILES string of the molecule is COCCC(C(=O)Nc1ccc(C(N)=O)c(F)c1)n1cc(OC)c(-c2cc(Cl)ccc2-c2nc(C)no2)cc1=O. The molecule has 0 aliphatic carbocycles. The average molecular weight is 570 g/mol. The van der Waals surface area contributed by atoms with Crippen LogP contribution in [0.4, 0.5) is 10.1 Å². The monoisotopic (exact) mass is 569 g/mol. The lowest BCUT2D eigenvalue weighted by molar-refractivity contribution is -0.119. The molecular weight excluding hydrogens is 545 g/mol. The van der Waals surface area contributed by atoms with E-state index in [-0.39, 0.29) is 35.9 Å². The molecule has 0 bridgehead atoms. The van der Waals surface area contributed by atoms with Gasteiger partial charge in [0.05, 0.1) is 18.9 Å². The number of anilines is 1. The Morgan fingerprint density at radius 3 is 2.55 bits per heavy atom. The molecule has 2 aromatic heterocycles. The van der Waals surface area contributed by atoms with Crippen LogP contribution in [0.15, 0.2) is 58.0 Å². The van der Waals surface area contributed by atoms with Crippen molar-refractivity contribution >= 4 is 29.1 Å². The summed E-state index contributed by atoms with van der Waals surface area (Å²) in [5.74, 6) is -1.55. The Labute approximate surface area is 232 Å². The zero-order chi connectivity index (χ0) is 29.0. The molecule has 0 fully saturated rings. The van der Waals surface area contributed by atoms with Gasteiger partial charge in [0.1, 0.15) is 17.6 Å². The lowest BCUT2D eigenvalue weighted by atomic mass is 9.99. The van der Waals surface area contributed by atoms with Crippen LogP contribution in [0.5, 0.6) is 5.75 Å². The second kappa shape index (κ2) is 12.1. The van der Waals surface area contributed by atoms with E-state index in [1.807, 2.05) is 0 Å². The highest BCUT2D eigenvalue weighted by Gasteiger charge is 2.25. The molecule has 1 unspecified atom stereocenters. The summed E-state index contributed by atoms with van der Waals surface area (Å²) in [6, 6.07) is 8.69. The largest absolute Gasteiger partial charge is 0.495 e. The van der Waals surface area contributed by atoms with Crippen molar-refractivity contribution in [2.24, 2.45) is 5.73 Å². The standard InChI is InChI=1S/C27H25ClFN5O6/c1-14-31-27(40-33-14)17-6-4-15(28)10-19(17)20-12-24(35)34(13-23(20)39-3)22(8-9-38-2)26(37)32-16-5-7-18(25(30)36)21(29)11-16/h4-7,10-13,22H,8-9H2,1-3H3,(H2,30,36)(H,32,37). The summed E-state index contributed by atoms with van der Waals surface area (Å²) < 4.78 is 31.6. The van der Waals surface area contributed by atoms with E-state index < -0.39 is 29.2 Å². The molecule has 0 spiro atoms. The number of primary amides is 1. The van der Waals surface area contributed by atoms with Crippen molar-refractivity contribution in [3.8, 4) is 28.3 Å². The van der Waals surface area contributed by atoms with Crippen LogP contribution in [0.3, 0.4) is 0 Å². The van der Waals surface area contributed by atoms with E-state index in [0.717, 1.165) is 12.1 Å². The number of nitrogens with zero attached hydrogens (tertiary/aromatic N) is 3. The number of aromatic nitrogens is 3. The van der Waals surface area contributed by atoms with E-state index in [4.69, 9.17) is 31.3 Å². The van der Waals surface area contributed by atoms with Crippen molar-refractivity contribution in [1.82, 2.24) is 14.7 Å². The number of hydrogen-bond acceptors (Lipinski definition) is 8. The number of nitrogens with one attached hydrogen (secondary N) is 1. The van der Waals surface area contributed by atoms with Gasteiger partial charge in [0.15, 0.2) is 5.82 Å².